The van der Waals surface area contributed by atoms with Crippen LogP contribution in [-0.4, -0.2) is 119 Å². The minimum absolute atomic E-state index is 0.0161. The molecule has 26 nitrogen and oxygen atoms in total. The van der Waals surface area contributed by atoms with Crippen LogP contribution < -0.4 is 21.5 Å². The van der Waals surface area contributed by atoms with Crippen molar-refractivity contribution in [2.75, 3.05) is 40.1 Å². The molecule has 1 fully saturated rings. The summed E-state index contributed by atoms with van der Waals surface area (Å²) in [5.41, 5.74) is 0.188. The van der Waals surface area contributed by atoms with E-state index in [1.807, 2.05) is 0 Å². The molecule has 4 aliphatic rings. The van der Waals surface area contributed by atoms with Crippen LogP contribution in [0.1, 0.15) is 56.7 Å². The van der Waals surface area contributed by atoms with E-state index in [1.165, 1.54) is 22.6 Å². The summed E-state index contributed by atoms with van der Waals surface area (Å²) in [4.78, 5) is 116. The van der Waals surface area contributed by atoms with Crippen molar-refractivity contribution in [2.24, 2.45) is 4.99 Å². The second-order valence-electron chi connectivity index (χ2n) is 20.7. The van der Waals surface area contributed by atoms with Gasteiger partial charge in [-0.05, 0) is 130 Å². The lowest BCUT2D eigenvalue weighted by Gasteiger charge is -2.38. The topological polar surface area (TPSA) is 335 Å². The highest BCUT2D eigenvalue weighted by Gasteiger charge is 2.51. The van der Waals surface area contributed by atoms with Gasteiger partial charge in [-0.1, -0.05) is 34.7 Å². The molecular weight excluding hydrogens is 2410 g/mol. The van der Waals surface area contributed by atoms with Crippen molar-refractivity contribution in [2.45, 2.75) is 81.6 Å². The third-order valence-electron chi connectivity index (χ3n) is 13.7. The monoisotopic (exact) mass is 2510 g/mol. The third kappa shape index (κ3) is 39.6. The van der Waals surface area contributed by atoms with Gasteiger partial charge in [0.15, 0.2) is 42.0 Å². The molecule has 0 radical (unpaired) electrons. The number of pyridine rings is 1. The van der Waals surface area contributed by atoms with Gasteiger partial charge in [0, 0.05) is 86.8 Å². The van der Waals surface area contributed by atoms with Gasteiger partial charge in [-0.15, -0.1) is 223 Å². The van der Waals surface area contributed by atoms with E-state index in [4.69, 9.17) is 22.8 Å². The normalized spacial score (nSPS) is 19.8. The molecule has 0 aliphatic carbocycles. The lowest BCUT2D eigenvalue weighted by Crippen LogP contribution is -2.52. The minimum Gasteiger partial charge on any atom is -0.484 e. The van der Waals surface area contributed by atoms with Crippen molar-refractivity contribution in [3.63, 3.8) is 0 Å². The molecule has 0 bridgehead atoms. The van der Waals surface area contributed by atoms with Crippen LogP contribution in [0.2, 0.25) is 0 Å². The number of nitrogens with zero attached hydrogens (tertiary/aromatic N) is 6. The standard InChI is InChI=1S/C10H26N3O5P13.C10H24N3O5P13.C6H22NO3P13.C5H24N2O4P14/c2*1-11-5-4-8(13(16)17)6-2-3-7(12(6)9(5)14)10(15)18-26(30(25)27(19)20)31(28(21)22)29(23)24;1-9-5-3-2-4(7-5)6(8)10-18(22(17)19(11)12)23(20(13)14)21(15)16;1-6-4(2-3-7(9)10)5(8)11-20(24(19-12)21(13)14)25(22(15)16)23(17)18/h5,7,11H,2-4,19-25H2,1H3;4,7,11H,2-3,19-25H2,1H3;4H,2-3,11-17H2,1H3;4,6,19H,2-3,12-18H2,1H3. The van der Waals surface area contributed by atoms with E-state index in [2.05, 4.69) is 271 Å². The van der Waals surface area contributed by atoms with Crippen molar-refractivity contribution in [1.29, 1.82) is 0 Å². The Bertz CT molecular complexity index is 3300. The predicted molar refractivity (Wildman–Crippen MR) is 633 cm³/mol. The van der Waals surface area contributed by atoms with Gasteiger partial charge < -0.3 is 38.8 Å². The number of nitro groups is 3. The first kappa shape index (κ1) is 122. The average molecular weight is 2510 g/mol. The Balaban J connectivity index is 0.000000502. The molecule has 0 aromatic carbocycles. The summed E-state index contributed by atoms with van der Waals surface area (Å²) in [6.07, 6.45) is 2.89. The van der Waals surface area contributed by atoms with Crippen LogP contribution in [0.3, 0.4) is 0 Å². The van der Waals surface area contributed by atoms with Gasteiger partial charge in [0.05, 0.1) is 35.1 Å². The zero-order chi connectivity index (χ0) is 84.7. The summed E-state index contributed by atoms with van der Waals surface area (Å²) in [7, 11) is 84.3. The fraction of sp³-hybridized carbons (Fsp3) is 0.581. The molecule has 42 unspecified atom stereocenters. The van der Waals surface area contributed by atoms with Crippen LogP contribution in [-0.2, 0) is 53.2 Å². The Labute approximate surface area is 739 Å². The zero-order valence-electron chi connectivity index (χ0n) is 58.4. The fourth-order valence-electron chi connectivity index (χ4n) is 9.03. The molecule has 5 rings (SSSR count). The van der Waals surface area contributed by atoms with Crippen LogP contribution in [0.25, 0.3) is 0 Å². The van der Waals surface area contributed by atoms with Gasteiger partial charge >= 0.3 is 23.9 Å². The number of aromatic nitrogens is 1. The van der Waals surface area contributed by atoms with Gasteiger partial charge in [0.2, 0.25) is 12.5 Å². The zero-order valence-corrected chi connectivity index (χ0v) is 113. The first-order valence-corrected chi connectivity index (χ1v) is 123. The number of methoxy groups -OCH3 is 1. The number of hydrogen-bond acceptors (Lipinski definition) is 21. The van der Waals surface area contributed by atoms with Crippen LogP contribution in [0, 0.1) is 30.3 Å². The Morgan fingerprint density at radius 2 is 0.982 bits per heavy atom. The average Bonchev–Trinajstić information content (AvgIpc) is 1.60. The van der Waals surface area contributed by atoms with Gasteiger partial charge in [-0.25, -0.2) is 19.4 Å². The molecule has 79 heteroatoms. The second kappa shape index (κ2) is 63.7. The summed E-state index contributed by atoms with van der Waals surface area (Å²) in [5.74, 6) is -1.03. The highest BCUT2D eigenvalue weighted by Crippen LogP contribution is 3.21. The maximum Gasteiger partial charge on any atom is 0.334 e. The molecular formula is C31H96N9O17P53. The fourth-order valence-corrected chi connectivity index (χ4v) is 412. The number of aliphatic imine (C=N–C) groups is 1. The number of fused-ring (bicyclic) bond motifs is 2. The first-order chi connectivity index (χ1) is 51.1. The number of carbonyl (C=O) groups is 5. The van der Waals surface area contributed by atoms with Crippen molar-refractivity contribution in [1.82, 2.24) is 20.1 Å². The molecule has 4 aliphatic heterocycles. The summed E-state index contributed by atoms with van der Waals surface area (Å²) < 4.78 is 31.1. The van der Waals surface area contributed by atoms with Crippen LogP contribution >= 0.6 is 428 Å². The summed E-state index contributed by atoms with van der Waals surface area (Å²) in [6.45, 7) is -8.91. The third-order valence-corrected chi connectivity index (χ3v) is 303. The number of likely N-dealkylation sites (N-methyl/N-ethyl adjacent to an activating group) is 2. The lowest BCUT2D eigenvalue weighted by molar-refractivity contribution is -0.480. The molecule has 1 aromatic heterocycles. The SMILES string of the molecule is CNC(CC[N+](=O)[O-])C(=O)OP(P(PP)P(P)P)P(P(P)P)P(P)P.CNC1CC([N+](=O)[O-])=C2CCC(C(=O)OP(P(P)P(P)P)P(P(P)P)P(P)P)N2C1=O.CNc1cc([N+](=O)[O-])c2n(c1=O)C(C(=O)OP(P(P)P(P)P)P(P(P)P)P(P)P)CC2.COC1=NC(C(=O)OP(P(P)P(P)P)P(P(P)P)P(P)P)CC1. The molecule has 1 aromatic rings. The van der Waals surface area contributed by atoms with Crippen LogP contribution in [0.5, 0.6) is 0 Å². The van der Waals surface area contributed by atoms with Crippen molar-refractivity contribution in [3.05, 3.63) is 63.9 Å². The Hall–Kier alpha value is 16.2. The number of ether oxygens (including phenoxy) is 1. The Morgan fingerprint density at radius 3 is 1.33 bits per heavy atom. The van der Waals surface area contributed by atoms with Gasteiger partial charge in [-0.3, -0.25) is 54.2 Å². The molecule has 5 heterocycles. The van der Waals surface area contributed by atoms with Crippen LogP contribution in [0.15, 0.2) is 27.2 Å². The molecule has 42 atom stereocenters. The quantitative estimate of drug-likeness (QED) is 0.0316. The van der Waals surface area contributed by atoms with E-state index >= 15 is 0 Å². The molecule has 3 N–H and O–H groups in total. The molecule has 110 heavy (non-hydrogen) atoms. The number of nitrogens with one attached hydrogen (secondary N) is 3. The molecule has 1 saturated heterocycles. The van der Waals surface area contributed by atoms with Crippen LogP contribution in [0.4, 0.5) is 11.4 Å². The molecule has 0 saturated carbocycles. The van der Waals surface area contributed by atoms with E-state index in [0.717, 1.165) is 6.42 Å². The summed E-state index contributed by atoms with van der Waals surface area (Å²) in [6, 6.07) is -2.12. The largest absolute Gasteiger partial charge is 0.484 e. The smallest absolute Gasteiger partial charge is 0.334 e. The molecule has 0 spiro atoms. The predicted octanol–water partition coefficient (Wildman–Crippen LogP) is 29.6. The van der Waals surface area contributed by atoms with E-state index in [9.17, 15) is 59.1 Å². The maximum absolute atomic E-state index is 13.4. The van der Waals surface area contributed by atoms with E-state index in [1.54, 1.807) is 21.2 Å². The highest BCUT2D eigenvalue weighted by molar-refractivity contribution is 9.23. The Kier molecular flexibility index (Phi) is 70.8. The number of anilines is 1. The van der Waals surface area contributed by atoms with Crippen molar-refractivity contribution in [3.8, 4) is 0 Å². The minimum atomic E-state index is -1.05. The summed E-state index contributed by atoms with van der Waals surface area (Å²) >= 11 is 0. The van der Waals surface area contributed by atoms with E-state index in [0.29, 0.717) is 45.2 Å². The summed E-state index contributed by atoms with van der Waals surface area (Å²) in [5, 5.41) is 42.2. The lowest BCUT2D eigenvalue weighted by atomic mass is 10.0. The second-order valence-corrected chi connectivity index (χ2v) is 218. The Morgan fingerprint density at radius 1 is 0.564 bits per heavy atom. The van der Waals surface area contributed by atoms with Gasteiger partial charge in [-0.2, -0.15) is 0 Å². The number of allylic oxidation sites excluding steroid dienone is 1. The number of amides is 1. The molecule has 632 valence electrons. The van der Waals surface area contributed by atoms with Crippen molar-refractivity contribution < 1.29 is 61.6 Å². The highest BCUT2D eigenvalue weighted by atomic mass is 33.3. The van der Waals surface area contributed by atoms with Crippen molar-refractivity contribution >= 4 is 475 Å². The van der Waals surface area contributed by atoms with E-state index in [-0.39, 0.29) is 121 Å². The van der Waals surface area contributed by atoms with E-state index < -0.39 is 177 Å². The maximum atomic E-state index is 13.4. The number of rotatable bonds is 37. The van der Waals surface area contributed by atoms with Gasteiger partial charge in [0.1, 0.15) is 29.5 Å². The number of carbonyl (C=O) groups excluding carboxylic acids is 5. The number of hydrogen-bond donors (Lipinski definition) is 3. The molecule has 1 amide bonds. The van der Waals surface area contributed by atoms with Gasteiger partial charge in [0.25, 0.3) is 16.9 Å². The first-order valence-electron chi connectivity index (χ1n) is 29.2.